The van der Waals surface area contributed by atoms with E-state index in [-0.39, 0.29) is 11.7 Å². The molecule has 0 heterocycles. The van der Waals surface area contributed by atoms with Crippen molar-refractivity contribution in [2.75, 3.05) is 6.54 Å². The van der Waals surface area contributed by atoms with Gasteiger partial charge in [-0.2, -0.15) is 0 Å². The van der Waals surface area contributed by atoms with E-state index in [4.69, 9.17) is 0 Å². The van der Waals surface area contributed by atoms with E-state index in [0.29, 0.717) is 12.1 Å². The Morgan fingerprint density at radius 3 is 2.11 bits per heavy atom. The number of hydrogen-bond acceptors (Lipinski definition) is 2. The molecule has 2 aromatic rings. The van der Waals surface area contributed by atoms with Crippen LogP contribution in [0.5, 0.6) is 5.75 Å². The molecule has 0 fully saturated rings. The molecule has 0 bridgehead atoms. The zero-order chi connectivity index (χ0) is 19.5. The standard InChI is InChI=1S/C23H32INO2/c1-2-3-4-5-6-7-8-9-10-13-16-25-23(27)20-17-21(24)18-14-11-12-15-19(18)22(20)26/h11-12,14-15,17,26H,2-10,13,16H2,1H3,(H,25,27). The SMILES string of the molecule is CCCCCCCCCCCCNC(=O)c1cc(I)c2ccccc2c1O. The number of halogens is 1. The van der Waals surface area contributed by atoms with Gasteiger partial charge in [-0.15, -0.1) is 0 Å². The Labute approximate surface area is 177 Å². The molecule has 2 aromatic carbocycles. The molecule has 0 unspecified atom stereocenters. The zero-order valence-electron chi connectivity index (χ0n) is 16.4. The molecule has 2 N–H and O–H groups in total. The molecule has 0 aliphatic heterocycles. The smallest absolute Gasteiger partial charge is 0.255 e. The van der Waals surface area contributed by atoms with Crippen molar-refractivity contribution in [1.29, 1.82) is 0 Å². The van der Waals surface area contributed by atoms with E-state index in [9.17, 15) is 9.90 Å². The molecule has 0 atom stereocenters. The second-order valence-corrected chi connectivity index (χ2v) is 8.40. The minimum Gasteiger partial charge on any atom is -0.506 e. The number of amides is 1. The largest absolute Gasteiger partial charge is 0.506 e. The van der Waals surface area contributed by atoms with Gasteiger partial charge in [0.1, 0.15) is 5.75 Å². The number of phenols is 1. The molecule has 0 aromatic heterocycles. The van der Waals surface area contributed by atoms with Gasteiger partial charge in [-0.1, -0.05) is 89.0 Å². The number of nitrogens with one attached hydrogen (secondary N) is 1. The molecule has 148 valence electrons. The third kappa shape index (κ3) is 6.98. The maximum absolute atomic E-state index is 12.4. The Bertz CT molecular complexity index is 730. The van der Waals surface area contributed by atoms with Gasteiger partial charge < -0.3 is 10.4 Å². The van der Waals surface area contributed by atoms with Crippen LogP contribution in [0.1, 0.15) is 81.5 Å². The molecule has 0 aliphatic carbocycles. The van der Waals surface area contributed by atoms with Crippen LogP contribution in [0.2, 0.25) is 0 Å². The van der Waals surface area contributed by atoms with Crippen molar-refractivity contribution in [1.82, 2.24) is 5.32 Å². The predicted molar refractivity (Wildman–Crippen MR) is 123 cm³/mol. The van der Waals surface area contributed by atoms with Crippen molar-refractivity contribution >= 4 is 39.3 Å². The van der Waals surface area contributed by atoms with Gasteiger partial charge in [0, 0.05) is 15.5 Å². The van der Waals surface area contributed by atoms with E-state index in [2.05, 4.69) is 34.8 Å². The molecule has 27 heavy (non-hydrogen) atoms. The summed E-state index contributed by atoms with van der Waals surface area (Å²) in [5, 5.41) is 15.1. The average Bonchev–Trinajstić information content (AvgIpc) is 2.68. The van der Waals surface area contributed by atoms with Crippen LogP contribution in [0.15, 0.2) is 30.3 Å². The first-order chi connectivity index (χ1) is 13.1. The first-order valence-corrected chi connectivity index (χ1v) is 11.4. The Kier molecular flexibility index (Phi) is 9.95. The molecule has 3 nitrogen and oxygen atoms in total. The molecule has 0 spiro atoms. The first-order valence-electron chi connectivity index (χ1n) is 10.3. The lowest BCUT2D eigenvalue weighted by atomic mass is 10.0. The van der Waals surface area contributed by atoms with Crippen molar-refractivity contribution in [3.63, 3.8) is 0 Å². The Morgan fingerprint density at radius 1 is 0.926 bits per heavy atom. The van der Waals surface area contributed by atoms with Crippen molar-refractivity contribution in [3.8, 4) is 5.75 Å². The number of carbonyl (C=O) groups is 1. The van der Waals surface area contributed by atoms with Gasteiger partial charge in [-0.05, 0) is 40.5 Å². The van der Waals surface area contributed by atoms with Gasteiger partial charge in [-0.3, -0.25) is 4.79 Å². The summed E-state index contributed by atoms with van der Waals surface area (Å²) in [6.45, 7) is 2.92. The number of unbranched alkanes of at least 4 members (excludes halogenated alkanes) is 9. The second-order valence-electron chi connectivity index (χ2n) is 7.24. The molecule has 0 aliphatic rings. The zero-order valence-corrected chi connectivity index (χ0v) is 18.6. The van der Waals surface area contributed by atoms with Crippen molar-refractivity contribution < 1.29 is 9.90 Å². The van der Waals surface area contributed by atoms with Gasteiger partial charge in [0.05, 0.1) is 5.56 Å². The summed E-state index contributed by atoms with van der Waals surface area (Å²) in [6.07, 6.45) is 12.8. The fourth-order valence-electron chi connectivity index (χ4n) is 3.40. The fraction of sp³-hybridized carbons (Fsp3) is 0.522. The molecule has 4 heteroatoms. The Balaban J connectivity index is 1.68. The average molecular weight is 481 g/mol. The molecular weight excluding hydrogens is 449 g/mol. The van der Waals surface area contributed by atoms with E-state index in [1.54, 1.807) is 6.07 Å². The highest BCUT2D eigenvalue weighted by Gasteiger charge is 2.15. The lowest BCUT2D eigenvalue weighted by molar-refractivity contribution is 0.0950. The van der Waals surface area contributed by atoms with Crippen molar-refractivity contribution in [3.05, 3.63) is 39.5 Å². The number of hydrogen-bond donors (Lipinski definition) is 2. The van der Waals surface area contributed by atoms with Gasteiger partial charge in [-0.25, -0.2) is 0 Å². The number of benzene rings is 2. The van der Waals surface area contributed by atoms with E-state index >= 15 is 0 Å². The molecule has 2 rings (SSSR count). The first kappa shape index (κ1) is 22.0. The van der Waals surface area contributed by atoms with E-state index in [1.165, 1.54) is 51.4 Å². The van der Waals surface area contributed by atoms with Crippen LogP contribution < -0.4 is 5.32 Å². The third-order valence-electron chi connectivity index (χ3n) is 5.03. The number of carbonyl (C=O) groups excluding carboxylic acids is 1. The summed E-state index contributed by atoms with van der Waals surface area (Å²) in [5.41, 5.74) is 0.366. The molecule has 0 saturated carbocycles. The molecule has 1 amide bonds. The van der Waals surface area contributed by atoms with Crippen molar-refractivity contribution in [2.45, 2.75) is 71.1 Å². The molecule has 0 saturated heterocycles. The maximum Gasteiger partial charge on any atom is 0.255 e. The van der Waals surface area contributed by atoms with Crippen LogP contribution >= 0.6 is 22.6 Å². The quantitative estimate of drug-likeness (QED) is 0.259. The van der Waals surface area contributed by atoms with Crippen LogP contribution in [-0.4, -0.2) is 17.6 Å². The number of fused-ring (bicyclic) bond motifs is 1. The lowest BCUT2D eigenvalue weighted by Gasteiger charge is -2.10. The summed E-state index contributed by atoms with van der Waals surface area (Å²) in [6, 6.07) is 9.40. The highest BCUT2D eigenvalue weighted by molar-refractivity contribution is 14.1. The van der Waals surface area contributed by atoms with E-state index in [0.717, 1.165) is 27.2 Å². The summed E-state index contributed by atoms with van der Waals surface area (Å²) in [4.78, 5) is 12.4. The van der Waals surface area contributed by atoms with Gasteiger partial charge in [0.2, 0.25) is 0 Å². The van der Waals surface area contributed by atoms with Crippen LogP contribution in [0.4, 0.5) is 0 Å². The second kappa shape index (κ2) is 12.2. The van der Waals surface area contributed by atoms with Crippen LogP contribution in [0.3, 0.4) is 0 Å². The van der Waals surface area contributed by atoms with Crippen LogP contribution in [-0.2, 0) is 0 Å². The highest BCUT2D eigenvalue weighted by atomic mass is 127. The van der Waals surface area contributed by atoms with Crippen molar-refractivity contribution in [2.24, 2.45) is 0 Å². The summed E-state index contributed by atoms with van der Waals surface area (Å²) < 4.78 is 0.977. The maximum atomic E-state index is 12.4. The number of aromatic hydroxyl groups is 1. The highest BCUT2D eigenvalue weighted by Crippen LogP contribution is 2.32. The predicted octanol–water partition coefficient (Wildman–Crippen LogP) is 6.80. The van der Waals surface area contributed by atoms with E-state index < -0.39 is 0 Å². The normalized spacial score (nSPS) is 11.0. The van der Waals surface area contributed by atoms with E-state index in [1.807, 2.05) is 24.3 Å². The van der Waals surface area contributed by atoms with Crippen LogP contribution in [0, 0.1) is 3.57 Å². The lowest BCUT2D eigenvalue weighted by Crippen LogP contribution is -2.24. The third-order valence-corrected chi connectivity index (χ3v) is 5.92. The van der Waals surface area contributed by atoms with Gasteiger partial charge in [0.25, 0.3) is 5.91 Å². The summed E-state index contributed by atoms with van der Waals surface area (Å²) >= 11 is 2.22. The minimum absolute atomic E-state index is 0.0755. The van der Waals surface area contributed by atoms with Gasteiger partial charge >= 0.3 is 0 Å². The molecular formula is C23H32INO2. The summed E-state index contributed by atoms with van der Waals surface area (Å²) in [5.74, 6) is -0.112. The van der Waals surface area contributed by atoms with Gasteiger partial charge in [0.15, 0.2) is 0 Å². The molecule has 0 radical (unpaired) electrons. The summed E-state index contributed by atoms with van der Waals surface area (Å²) in [7, 11) is 0. The fourth-order valence-corrected chi connectivity index (χ4v) is 4.18. The number of phenolic OH excluding ortho intramolecular Hbond substituents is 1. The Morgan fingerprint density at radius 2 is 1.48 bits per heavy atom. The minimum atomic E-state index is -0.188. The monoisotopic (exact) mass is 481 g/mol. The number of rotatable bonds is 12. The topological polar surface area (TPSA) is 49.3 Å². The van der Waals surface area contributed by atoms with Crippen LogP contribution in [0.25, 0.3) is 10.8 Å². The Hall–Kier alpha value is -1.30.